The van der Waals surface area contributed by atoms with E-state index in [2.05, 4.69) is 9.98 Å². The van der Waals surface area contributed by atoms with Gasteiger partial charge in [0.15, 0.2) is 0 Å². The van der Waals surface area contributed by atoms with Gasteiger partial charge in [-0.05, 0) is 52.6 Å². The molecule has 0 saturated carbocycles. The van der Waals surface area contributed by atoms with E-state index in [0.29, 0.717) is 30.9 Å². The Labute approximate surface area is 159 Å². The highest BCUT2D eigenvalue weighted by Gasteiger charge is 2.12. The van der Waals surface area contributed by atoms with Gasteiger partial charge in [0.2, 0.25) is 12.2 Å². The molecule has 0 spiro atoms. The summed E-state index contributed by atoms with van der Waals surface area (Å²) >= 11 is 0. The highest BCUT2D eigenvalue weighted by atomic mass is 16.1. The van der Waals surface area contributed by atoms with Crippen molar-refractivity contribution in [3.8, 4) is 0 Å². The van der Waals surface area contributed by atoms with Crippen LogP contribution in [0.2, 0.25) is 0 Å². The van der Waals surface area contributed by atoms with Crippen molar-refractivity contribution in [2.45, 2.75) is 46.2 Å². The zero-order chi connectivity index (χ0) is 19.8. The molecule has 0 aliphatic heterocycles. The van der Waals surface area contributed by atoms with E-state index >= 15 is 0 Å². The van der Waals surface area contributed by atoms with Crippen molar-refractivity contribution in [2.75, 3.05) is 0 Å². The third kappa shape index (κ3) is 4.64. The molecule has 2 aromatic carbocycles. The van der Waals surface area contributed by atoms with Crippen molar-refractivity contribution in [3.63, 3.8) is 0 Å². The van der Waals surface area contributed by atoms with Crippen molar-refractivity contribution in [1.29, 1.82) is 0 Å². The summed E-state index contributed by atoms with van der Waals surface area (Å²) in [5.41, 5.74) is 18.7. The Kier molecular flexibility index (Phi) is 7.35. The largest absolute Gasteiger partial charge is 0.326 e. The van der Waals surface area contributed by atoms with Crippen molar-refractivity contribution in [3.05, 3.63) is 57.6 Å². The van der Waals surface area contributed by atoms with Crippen molar-refractivity contribution < 1.29 is 9.59 Å². The first-order valence-electron chi connectivity index (χ1n) is 8.96. The van der Waals surface area contributed by atoms with Gasteiger partial charge >= 0.3 is 0 Å². The smallest absolute Gasteiger partial charge is 0.240 e. The molecule has 27 heavy (non-hydrogen) atoms. The SMILES string of the molecule is CCc1cc(Cc2cc(CC)c(N=C=O)c(CN)c2)cc(CN)c1N=C=O. The van der Waals surface area contributed by atoms with Gasteiger partial charge in [-0.15, -0.1) is 0 Å². The van der Waals surface area contributed by atoms with Crippen LogP contribution in [0.3, 0.4) is 0 Å². The summed E-state index contributed by atoms with van der Waals surface area (Å²) in [5, 5.41) is 0. The van der Waals surface area contributed by atoms with Gasteiger partial charge in [-0.1, -0.05) is 38.1 Å². The highest BCUT2D eigenvalue weighted by molar-refractivity contribution is 5.62. The van der Waals surface area contributed by atoms with E-state index in [1.165, 1.54) is 0 Å². The first-order valence-corrected chi connectivity index (χ1v) is 8.96. The minimum atomic E-state index is 0.294. The van der Waals surface area contributed by atoms with Gasteiger partial charge in [0, 0.05) is 13.1 Å². The lowest BCUT2D eigenvalue weighted by molar-refractivity contribution is 0.564. The average Bonchev–Trinajstić information content (AvgIpc) is 2.69. The number of carbonyl (C=O) groups excluding carboxylic acids is 2. The van der Waals surface area contributed by atoms with E-state index in [0.717, 1.165) is 46.2 Å². The third-order valence-corrected chi connectivity index (χ3v) is 4.58. The zero-order valence-electron chi connectivity index (χ0n) is 15.7. The average molecular weight is 364 g/mol. The van der Waals surface area contributed by atoms with E-state index < -0.39 is 0 Å². The van der Waals surface area contributed by atoms with Crippen molar-refractivity contribution in [2.24, 2.45) is 21.5 Å². The molecule has 2 rings (SSSR count). The molecule has 0 heterocycles. The quantitative estimate of drug-likeness (QED) is 0.553. The molecule has 2 aromatic rings. The summed E-state index contributed by atoms with van der Waals surface area (Å²) in [7, 11) is 0. The minimum absolute atomic E-state index is 0.294. The predicted molar refractivity (Wildman–Crippen MR) is 106 cm³/mol. The topological polar surface area (TPSA) is 111 Å². The van der Waals surface area contributed by atoms with E-state index in [-0.39, 0.29) is 0 Å². The maximum Gasteiger partial charge on any atom is 0.240 e. The lowest BCUT2D eigenvalue weighted by Gasteiger charge is -2.14. The maximum absolute atomic E-state index is 10.7. The number of aliphatic imine (C=N–C) groups is 2. The Balaban J connectivity index is 2.53. The van der Waals surface area contributed by atoms with E-state index in [1.54, 1.807) is 12.2 Å². The standard InChI is InChI=1S/C21H24N4O2/c1-3-16-6-14(8-18(10-22)20(16)24-12-26)5-15-7-17(4-2)21(25-13-27)19(9-15)11-23/h6-9H,3-5,10-11,22-23H2,1-2H3. The summed E-state index contributed by atoms with van der Waals surface area (Å²) in [6, 6.07) is 8.03. The number of rotatable bonds is 8. The molecule has 0 bridgehead atoms. The monoisotopic (exact) mass is 364 g/mol. The molecule has 6 heteroatoms. The molecule has 0 aliphatic rings. The van der Waals surface area contributed by atoms with Gasteiger partial charge in [0.1, 0.15) is 0 Å². The van der Waals surface area contributed by atoms with Crippen LogP contribution in [0.5, 0.6) is 0 Å². The molecule has 0 fully saturated rings. The number of hydrogen-bond donors (Lipinski definition) is 2. The number of nitrogens with two attached hydrogens (primary N) is 2. The molecular formula is C21H24N4O2. The van der Waals surface area contributed by atoms with Gasteiger partial charge in [-0.25, -0.2) is 9.59 Å². The molecule has 0 saturated heterocycles. The van der Waals surface area contributed by atoms with E-state index in [1.807, 2.05) is 38.1 Å². The number of nitrogens with zero attached hydrogens (tertiary/aromatic N) is 2. The molecule has 0 unspecified atom stereocenters. The fraction of sp³-hybridized carbons (Fsp3) is 0.333. The van der Waals surface area contributed by atoms with Crippen LogP contribution < -0.4 is 11.5 Å². The van der Waals surface area contributed by atoms with Crippen LogP contribution in [0.4, 0.5) is 11.4 Å². The lowest BCUT2D eigenvalue weighted by Crippen LogP contribution is -2.03. The van der Waals surface area contributed by atoms with Gasteiger partial charge < -0.3 is 11.5 Å². The second-order valence-electron chi connectivity index (χ2n) is 6.22. The number of aryl methyl sites for hydroxylation is 2. The molecule has 0 aromatic heterocycles. The maximum atomic E-state index is 10.7. The Morgan fingerprint density at radius 1 is 0.741 bits per heavy atom. The Morgan fingerprint density at radius 3 is 1.41 bits per heavy atom. The summed E-state index contributed by atoms with van der Waals surface area (Å²) in [4.78, 5) is 29.1. The van der Waals surface area contributed by atoms with Gasteiger partial charge in [0.25, 0.3) is 0 Å². The molecule has 4 N–H and O–H groups in total. The predicted octanol–water partition coefficient (Wildman–Crippen LogP) is 3.25. The first kappa shape index (κ1) is 20.4. The number of hydrogen-bond acceptors (Lipinski definition) is 6. The molecule has 0 radical (unpaired) electrons. The van der Waals surface area contributed by atoms with Crippen LogP contribution in [-0.4, -0.2) is 12.2 Å². The van der Waals surface area contributed by atoms with E-state index in [9.17, 15) is 9.59 Å². The van der Waals surface area contributed by atoms with Crippen LogP contribution in [0.15, 0.2) is 34.3 Å². The first-order chi connectivity index (χ1) is 13.1. The fourth-order valence-electron chi connectivity index (χ4n) is 3.33. The van der Waals surface area contributed by atoms with Gasteiger partial charge in [-0.2, -0.15) is 9.98 Å². The molecule has 140 valence electrons. The summed E-state index contributed by atoms with van der Waals surface area (Å²) < 4.78 is 0. The van der Waals surface area contributed by atoms with Gasteiger partial charge in [-0.3, -0.25) is 0 Å². The van der Waals surface area contributed by atoms with Crippen LogP contribution in [-0.2, 0) is 41.9 Å². The Hall–Kier alpha value is -2.88. The van der Waals surface area contributed by atoms with Crippen molar-refractivity contribution in [1.82, 2.24) is 0 Å². The summed E-state index contributed by atoms with van der Waals surface area (Å²) in [6.07, 6.45) is 5.38. The van der Waals surface area contributed by atoms with Crippen LogP contribution in [0, 0.1) is 0 Å². The second-order valence-corrected chi connectivity index (χ2v) is 6.22. The Bertz CT molecular complexity index is 798. The van der Waals surface area contributed by atoms with Crippen LogP contribution in [0.1, 0.15) is 47.2 Å². The molecule has 0 atom stereocenters. The normalized spacial score (nSPS) is 10.2. The van der Waals surface area contributed by atoms with Crippen LogP contribution in [0.25, 0.3) is 0 Å². The third-order valence-electron chi connectivity index (χ3n) is 4.58. The Morgan fingerprint density at radius 2 is 1.11 bits per heavy atom. The zero-order valence-corrected chi connectivity index (χ0v) is 15.7. The molecule has 0 amide bonds. The van der Waals surface area contributed by atoms with Gasteiger partial charge in [0.05, 0.1) is 11.4 Å². The van der Waals surface area contributed by atoms with Crippen LogP contribution >= 0.6 is 0 Å². The highest BCUT2D eigenvalue weighted by Crippen LogP contribution is 2.30. The fourth-order valence-corrected chi connectivity index (χ4v) is 3.33. The van der Waals surface area contributed by atoms with E-state index in [4.69, 9.17) is 11.5 Å². The second kappa shape index (κ2) is 9.72. The number of benzene rings is 2. The summed E-state index contributed by atoms with van der Waals surface area (Å²) in [5.74, 6) is 0. The minimum Gasteiger partial charge on any atom is -0.326 e. The lowest BCUT2D eigenvalue weighted by atomic mass is 9.93. The number of isocyanates is 2. The summed E-state index contributed by atoms with van der Waals surface area (Å²) in [6.45, 7) is 4.61. The molecule has 0 aliphatic carbocycles. The van der Waals surface area contributed by atoms with Crippen molar-refractivity contribution >= 4 is 23.5 Å². The molecular weight excluding hydrogens is 340 g/mol. The molecule has 6 nitrogen and oxygen atoms in total.